The molecule has 0 radical (unpaired) electrons. The van der Waals surface area contributed by atoms with Crippen LogP contribution in [0.5, 0.6) is 11.5 Å². The van der Waals surface area contributed by atoms with Crippen molar-refractivity contribution in [2.45, 2.75) is 20.3 Å². The van der Waals surface area contributed by atoms with Gasteiger partial charge in [-0.25, -0.2) is 4.90 Å². The zero-order valence-corrected chi connectivity index (χ0v) is 18.9. The average molecular weight is 443 g/mol. The Morgan fingerprint density at radius 3 is 2.21 bits per heavy atom. The first-order valence-corrected chi connectivity index (χ1v) is 10.9. The monoisotopic (exact) mass is 442 g/mol. The van der Waals surface area contributed by atoms with Crippen molar-refractivity contribution in [3.63, 3.8) is 0 Å². The molecule has 0 aliphatic carbocycles. The van der Waals surface area contributed by atoms with Crippen LogP contribution < -0.4 is 19.7 Å². The molecule has 4 rings (SSSR count). The Morgan fingerprint density at radius 1 is 0.879 bits per heavy atom. The van der Waals surface area contributed by atoms with E-state index in [2.05, 4.69) is 5.32 Å². The van der Waals surface area contributed by atoms with Gasteiger partial charge in [0.25, 0.3) is 11.8 Å². The van der Waals surface area contributed by atoms with Crippen LogP contribution in [0.4, 0.5) is 11.4 Å². The molecule has 3 aromatic rings. The van der Waals surface area contributed by atoms with Crippen LogP contribution >= 0.6 is 0 Å². The number of ether oxygens (including phenoxy) is 2. The first-order valence-electron chi connectivity index (χ1n) is 10.9. The average Bonchev–Trinajstić information content (AvgIpc) is 3.07. The van der Waals surface area contributed by atoms with Crippen molar-refractivity contribution in [1.82, 2.24) is 0 Å². The van der Waals surface area contributed by atoms with E-state index in [1.165, 1.54) is 4.90 Å². The second-order valence-corrected chi connectivity index (χ2v) is 7.76. The highest BCUT2D eigenvalue weighted by Gasteiger charge is 2.40. The Morgan fingerprint density at radius 2 is 1.58 bits per heavy atom. The van der Waals surface area contributed by atoms with Crippen LogP contribution in [-0.4, -0.2) is 25.5 Å². The van der Waals surface area contributed by atoms with E-state index in [0.29, 0.717) is 34.9 Å². The standard InChI is InChI=1S/C27H26N2O4/c1-4-16-33-23-12-8-19(9-13-23)24-25(28-20-10-14-22(32-3)15-11-20)27(31)29(26(24)30)21-7-5-6-18(2)17-21/h5-15,17,28H,4,16H2,1-3H3. The lowest BCUT2D eigenvalue weighted by Crippen LogP contribution is -2.32. The molecule has 168 valence electrons. The van der Waals surface area contributed by atoms with Crippen LogP contribution in [-0.2, 0) is 9.59 Å². The Kier molecular flexibility index (Phi) is 6.45. The van der Waals surface area contributed by atoms with E-state index < -0.39 is 5.91 Å². The van der Waals surface area contributed by atoms with Crippen molar-refractivity contribution in [1.29, 1.82) is 0 Å². The Balaban J connectivity index is 1.75. The van der Waals surface area contributed by atoms with Gasteiger partial charge in [-0.05, 0) is 73.0 Å². The molecule has 0 bridgehead atoms. The largest absolute Gasteiger partial charge is 0.497 e. The number of rotatable bonds is 8. The molecule has 0 saturated carbocycles. The van der Waals surface area contributed by atoms with Crippen LogP contribution in [0.2, 0.25) is 0 Å². The molecule has 0 saturated heterocycles. The summed E-state index contributed by atoms with van der Waals surface area (Å²) in [7, 11) is 1.59. The third-order valence-electron chi connectivity index (χ3n) is 5.32. The van der Waals surface area contributed by atoms with Crippen molar-refractivity contribution >= 4 is 28.8 Å². The van der Waals surface area contributed by atoms with Gasteiger partial charge in [0.2, 0.25) is 0 Å². The van der Waals surface area contributed by atoms with Gasteiger partial charge >= 0.3 is 0 Å². The fourth-order valence-corrected chi connectivity index (χ4v) is 3.67. The van der Waals surface area contributed by atoms with Gasteiger partial charge in [-0.3, -0.25) is 9.59 Å². The molecule has 0 fully saturated rings. The summed E-state index contributed by atoms with van der Waals surface area (Å²) >= 11 is 0. The smallest absolute Gasteiger partial charge is 0.282 e. The van der Waals surface area contributed by atoms with Crippen LogP contribution in [0, 0.1) is 6.92 Å². The van der Waals surface area contributed by atoms with Gasteiger partial charge in [-0.2, -0.15) is 0 Å². The predicted molar refractivity (Wildman–Crippen MR) is 129 cm³/mol. The van der Waals surface area contributed by atoms with E-state index in [1.54, 1.807) is 49.6 Å². The highest BCUT2D eigenvalue weighted by molar-refractivity contribution is 6.46. The molecule has 1 N–H and O–H groups in total. The minimum absolute atomic E-state index is 0.230. The Labute approximate surface area is 193 Å². The maximum atomic E-state index is 13.5. The lowest BCUT2D eigenvalue weighted by atomic mass is 10.0. The second-order valence-electron chi connectivity index (χ2n) is 7.76. The summed E-state index contributed by atoms with van der Waals surface area (Å²) in [6, 6.07) is 21.8. The maximum Gasteiger partial charge on any atom is 0.282 e. The van der Waals surface area contributed by atoms with Gasteiger partial charge in [-0.15, -0.1) is 0 Å². The Bertz CT molecular complexity index is 1200. The van der Waals surface area contributed by atoms with Gasteiger partial charge in [0.1, 0.15) is 17.2 Å². The molecule has 1 heterocycles. The summed E-state index contributed by atoms with van der Waals surface area (Å²) in [6.07, 6.45) is 0.904. The van der Waals surface area contributed by atoms with Gasteiger partial charge < -0.3 is 14.8 Å². The third kappa shape index (κ3) is 4.60. The van der Waals surface area contributed by atoms with E-state index >= 15 is 0 Å². The second kappa shape index (κ2) is 9.61. The summed E-state index contributed by atoms with van der Waals surface area (Å²) in [4.78, 5) is 28.2. The van der Waals surface area contributed by atoms with Crippen LogP contribution in [0.15, 0.2) is 78.5 Å². The van der Waals surface area contributed by atoms with E-state index in [9.17, 15) is 9.59 Å². The molecule has 3 aromatic carbocycles. The minimum atomic E-state index is -0.400. The van der Waals surface area contributed by atoms with Gasteiger partial charge in [0.15, 0.2) is 0 Å². The van der Waals surface area contributed by atoms with E-state index in [4.69, 9.17) is 9.47 Å². The molecule has 2 amide bonds. The summed E-state index contributed by atoms with van der Waals surface area (Å²) in [6.45, 7) is 4.58. The number of amides is 2. The predicted octanol–water partition coefficient (Wildman–Crippen LogP) is 5.19. The number of imide groups is 1. The van der Waals surface area contributed by atoms with Crippen molar-refractivity contribution in [2.24, 2.45) is 0 Å². The Hall–Kier alpha value is -4.06. The molecule has 33 heavy (non-hydrogen) atoms. The van der Waals surface area contributed by atoms with Gasteiger partial charge in [-0.1, -0.05) is 31.2 Å². The highest BCUT2D eigenvalue weighted by atomic mass is 16.5. The SMILES string of the molecule is CCCOc1ccc(C2=C(Nc3ccc(OC)cc3)C(=O)N(c3cccc(C)c3)C2=O)cc1. The van der Waals surface area contributed by atoms with Crippen LogP contribution in [0.25, 0.3) is 5.57 Å². The minimum Gasteiger partial charge on any atom is -0.497 e. The number of carbonyl (C=O) groups is 2. The van der Waals surface area contributed by atoms with E-state index in [0.717, 1.165) is 17.7 Å². The number of benzene rings is 3. The van der Waals surface area contributed by atoms with Gasteiger partial charge in [0, 0.05) is 5.69 Å². The quantitative estimate of drug-likeness (QED) is 0.487. The zero-order chi connectivity index (χ0) is 23.4. The first kappa shape index (κ1) is 22.1. The van der Waals surface area contributed by atoms with Crippen LogP contribution in [0.3, 0.4) is 0 Å². The summed E-state index contributed by atoms with van der Waals surface area (Å²) in [5.74, 6) is 0.650. The van der Waals surface area contributed by atoms with Crippen molar-refractivity contribution in [3.05, 3.63) is 89.6 Å². The number of nitrogens with zero attached hydrogens (tertiary/aromatic N) is 1. The number of nitrogens with one attached hydrogen (secondary N) is 1. The molecule has 0 unspecified atom stereocenters. The number of hydrogen-bond acceptors (Lipinski definition) is 5. The normalized spacial score (nSPS) is 13.5. The van der Waals surface area contributed by atoms with Crippen molar-refractivity contribution in [2.75, 3.05) is 23.9 Å². The molecule has 6 nitrogen and oxygen atoms in total. The molecule has 0 spiro atoms. The van der Waals surface area contributed by atoms with Crippen molar-refractivity contribution in [3.8, 4) is 11.5 Å². The number of carbonyl (C=O) groups excluding carboxylic acids is 2. The molecule has 0 atom stereocenters. The highest BCUT2D eigenvalue weighted by Crippen LogP contribution is 2.34. The molecule has 0 aromatic heterocycles. The summed E-state index contributed by atoms with van der Waals surface area (Å²) < 4.78 is 10.9. The summed E-state index contributed by atoms with van der Waals surface area (Å²) in [5.41, 5.74) is 3.37. The van der Waals surface area contributed by atoms with E-state index in [1.807, 2.05) is 44.2 Å². The number of aryl methyl sites for hydroxylation is 1. The fraction of sp³-hybridized carbons (Fsp3) is 0.185. The van der Waals surface area contributed by atoms with Crippen LogP contribution in [0.1, 0.15) is 24.5 Å². The number of methoxy groups -OCH3 is 1. The van der Waals surface area contributed by atoms with Crippen molar-refractivity contribution < 1.29 is 19.1 Å². The number of anilines is 2. The summed E-state index contributed by atoms with van der Waals surface area (Å²) in [5, 5.41) is 3.16. The number of hydrogen-bond donors (Lipinski definition) is 1. The lowest BCUT2D eigenvalue weighted by Gasteiger charge is -2.16. The van der Waals surface area contributed by atoms with E-state index in [-0.39, 0.29) is 11.6 Å². The maximum absolute atomic E-state index is 13.5. The first-order chi connectivity index (χ1) is 16.0. The fourth-order valence-electron chi connectivity index (χ4n) is 3.67. The molecule has 1 aliphatic rings. The molecule has 1 aliphatic heterocycles. The van der Waals surface area contributed by atoms with Gasteiger partial charge in [0.05, 0.1) is 25.0 Å². The molecule has 6 heteroatoms. The molecular weight excluding hydrogens is 416 g/mol. The lowest BCUT2D eigenvalue weighted by molar-refractivity contribution is -0.120. The molecular formula is C27H26N2O4. The topological polar surface area (TPSA) is 67.9 Å². The zero-order valence-electron chi connectivity index (χ0n) is 18.9. The third-order valence-corrected chi connectivity index (χ3v) is 5.32.